The highest BCUT2D eigenvalue weighted by Gasteiger charge is 2.20. The summed E-state index contributed by atoms with van der Waals surface area (Å²) in [4.78, 5) is 15.8. The van der Waals surface area contributed by atoms with E-state index in [9.17, 15) is 4.79 Å². The number of anilines is 1. The van der Waals surface area contributed by atoms with Crippen LogP contribution in [0.3, 0.4) is 0 Å². The molecule has 0 bridgehead atoms. The van der Waals surface area contributed by atoms with Crippen LogP contribution in [0.15, 0.2) is 0 Å². The van der Waals surface area contributed by atoms with E-state index in [1.165, 1.54) is 11.5 Å². The van der Waals surface area contributed by atoms with Gasteiger partial charge in [0.15, 0.2) is 0 Å². The minimum absolute atomic E-state index is 0.0983. The van der Waals surface area contributed by atoms with Gasteiger partial charge in [0, 0.05) is 29.4 Å². The van der Waals surface area contributed by atoms with Crippen LogP contribution in [0, 0.1) is 5.92 Å². The highest BCUT2D eigenvalue weighted by molar-refractivity contribution is 7.09. The van der Waals surface area contributed by atoms with E-state index in [4.69, 9.17) is 5.73 Å². The third-order valence-corrected chi connectivity index (χ3v) is 2.76. The van der Waals surface area contributed by atoms with E-state index in [0.717, 1.165) is 5.82 Å². The molecule has 3 N–H and O–H groups in total. The molecule has 6 heteroatoms. The van der Waals surface area contributed by atoms with E-state index in [1.807, 2.05) is 20.8 Å². The number of nitrogens with two attached hydrogens (primary N) is 1. The summed E-state index contributed by atoms with van der Waals surface area (Å²) in [6.07, 6.45) is 0. The van der Waals surface area contributed by atoms with Gasteiger partial charge in [0.2, 0.25) is 11.0 Å². The molecule has 0 spiro atoms. The van der Waals surface area contributed by atoms with Crippen LogP contribution in [0.4, 0.5) is 5.13 Å². The van der Waals surface area contributed by atoms with Crippen molar-refractivity contribution in [1.29, 1.82) is 0 Å². The number of hydrogen-bond donors (Lipinski definition) is 2. The van der Waals surface area contributed by atoms with E-state index < -0.39 is 0 Å². The van der Waals surface area contributed by atoms with Crippen LogP contribution in [-0.4, -0.2) is 21.8 Å². The minimum atomic E-state index is -0.206. The molecule has 0 aromatic carbocycles. The highest BCUT2D eigenvalue weighted by Crippen LogP contribution is 2.23. The monoisotopic (exact) mass is 242 g/mol. The number of hydrogen-bond acceptors (Lipinski definition) is 5. The van der Waals surface area contributed by atoms with Gasteiger partial charge < -0.3 is 11.1 Å². The first kappa shape index (κ1) is 13.1. The van der Waals surface area contributed by atoms with Gasteiger partial charge in [-0.05, 0) is 0 Å². The van der Waals surface area contributed by atoms with Gasteiger partial charge in [0.25, 0.3) is 0 Å². The third kappa shape index (κ3) is 3.24. The molecule has 0 fully saturated rings. The first-order valence-corrected chi connectivity index (χ1v) is 5.97. The standard InChI is InChI=1S/C10H18N4OS/c1-6(5-11)7(15)12-9-13-8(14-16-9)10(2,3)4/h6H,5,11H2,1-4H3,(H,12,13,14,15). The maximum atomic E-state index is 11.6. The SMILES string of the molecule is CC(CN)C(=O)Nc1nc(C(C)(C)C)ns1. The van der Waals surface area contributed by atoms with Crippen molar-refractivity contribution in [3.63, 3.8) is 0 Å². The topological polar surface area (TPSA) is 80.9 Å². The molecule has 1 unspecified atom stereocenters. The number of nitrogens with zero attached hydrogens (tertiary/aromatic N) is 2. The summed E-state index contributed by atoms with van der Waals surface area (Å²) in [5.74, 6) is 0.425. The van der Waals surface area contributed by atoms with Gasteiger partial charge in [-0.25, -0.2) is 4.98 Å². The largest absolute Gasteiger partial charge is 0.330 e. The molecule has 0 aliphatic carbocycles. The van der Waals surface area contributed by atoms with E-state index in [2.05, 4.69) is 14.7 Å². The number of amides is 1. The molecule has 1 aromatic heterocycles. The lowest BCUT2D eigenvalue weighted by atomic mass is 9.96. The van der Waals surface area contributed by atoms with Gasteiger partial charge >= 0.3 is 0 Å². The zero-order chi connectivity index (χ0) is 12.3. The number of carbonyl (C=O) groups excluding carboxylic acids is 1. The Bertz CT molecular complexity index is 369. The number of nitrogens with one attached hydrogen (secondary N) is 1. The molecule has 0 radical (unpaired) electrons. The summed E-state index contributed by atoms with van der Waals surface area (Å²) in [6.45, 7) is 8.20. The molecule has 1 amide bonds. The van der Waals surface area contributed by atoms with Crippen LogP contribution in [0.5, 0.6) is 0 Å². The van der Waals surface area contributed by atoms with E-state index in [1.54, 1.807) is 6.92 Å². The lowest BCUT2D eigenvalue weighted by Gasteiger charge is -2.12. The van der Waals surface area contributed by atoms with Crippen LogP contribution in [0.25, 0.3) is 0 Å². The van der Waals surface area contributed by atoms with E-state index >= 15 is 0 Å². The number of carbonyl (C=O) groups is 1. The highest BCUT2D eigenvalue weighted by atomic mass is 32.1. The Hall–Kier alpha value is -1.01. The quantitative estimate of drug-likeness (QED) is 0.838. The van der Waals surface area contributed by atoms with Gasteiger partial charge in [0.1, 0.15) is 5.82 Å². The first-order chi connectivity index (χ1) is 7.34. The van der Waals surface area contributed by atoms with Crippen molar-refractivity contribution in [2.24, 2.45) is 11.7 Å². The lowest BCUT2D eigenvalue weighted by Crippen LogP contribution is -2.26. The molecule has 0 aliphatic heterocycles. The smallest absolute Gasteiger partial charge is 0.230 e. The van der Waals surface area contributed by atoms with Crippen LogP contribution in [0.2, 0.25) is 0 Å². The second-order valence-electron chi connectivity index (χ2n) is 4.80. The van der Waals surface area contributed by atoms with Crippen molar-refractivity contribution in [3.8, 4) is 0 Å². The predicted molar refractivity (Wildman–Crippen MR) is 65.5 cm³/mol. The predicted octanol–water partition coefficient (Wildman–Crippen LogP) is 1.37. The maximum Gasteiger partial charge on any atom is 0.230 e. The fraction of sp³-hybridized carbons (Fsp3) is 0.700. The molecule has 1 rings (SSSR count). The Labute approximate surface area is 99.6 Å². The molecule has 1 atom stereocenters. The van der Waals surface area contributed by atoms with Crippen LogP contribution in [0.1, 0.15) is 33.5 Å². The maximum absolute atomic E-state index is 11.6. The Kier molecular flexibility index (Phi) is 3.98. The summed E-state index contributed by atoms with van der Waals surface area (Å²) in [6, 6.07) is 0. The average molecular weight is 242 g/mol. The third-order valence-electron chi connectivity index (χ3n) is 2.13. The molecular weight excluding hydrogens is 224 g/mol. The van der Waals surface area contributed by atoms with E-state index in [-0.39, 0.29) is 17.2 Å². The fourth-order valence-electron chi connectivity index (χ4n) is 0.915. The van der Waals surface area contributed by atoms with Crippen molar-refractivity contribution in [2.45, 2.75) is 33.1 Å². The van der Waals surface area contributed by atoms with Crippen molar-refractivity contribution >= 4 is 22.6 Å². The number of rotatable bonds is 3. The van der Waals surface area contributed by atoms with Gasteiger partial charge in [-0.1, -0.05) is 27.7 Å². The summed E-state index contributed by atoms with van der Waals surface area (Å²) in [5, 5.41) is 3.25. The van der Waals surface area contributed by atoms with Crippen molar-refractivity contribution in [2.75, 3.05) is 11.9 Å². The summed E-state index contributed by atoms with van der Waals surface area (Å²) in [5.41, 5.74) is 5.31. The average Bonchev–Trinajstić information content (AvgIpc) is 2.64. The van der Waals surface area contributed by atoms with Gasteiger partial charge in [-0.3, -0.25) is 4.79 Å². The van der Waals surface area contributed by atoms with E-state index in [0.29, 0.717) is 11.7 Å². The van der Waals surface area contributed by atoms with Gasteiger partial charge in [-0.15, -0.1) is 0 Å². The van der Waals surface area contributed by atoms with Gasteiger partial charge in [0.05, 0.1) is 0 Å². The Morgan fingerprint density at radius 1 is 1.56 bits per heavy atom. The molecule has 5 nitrogen and oxygen atoms in total. The van der Waals surface area contributed by atoms with Crippen molar-refractivity contribution < 1.29 is 4.79 Å². The van der Waals surface area contributed by atoms with Crippen LogP contribution < -0.4 is 11.1 Å². The number of aromatic nitrogens is 2. The Morgan fingerprint density at radius 2 is 2.19 bits per heavy atom. The summed E-state index contributed by atoms with van der Waals surface area (Å²) < 4.78 is 4.21. The minimum Gasteiger partial charge on any atom is -0.330 e. The van der Waals surface area contributed by atoms with Crippen molar-refractivity contribution in [3.05, 3.63) is 5.82 Å². The van der Waals surface area contributed by atoms with Gasteiger partial charge in [-0.2, -0.15) is 4.37 Å². The zero-order valence-corrected chi connectivity index (χ0v) is 10.9. The molecule has 0 saturated heterocycles. The summed E-state index contributed by atoms with van der Waals surface area (Å²) >= 11 is 1.20. The molecule has 1 heterocycles. The Morgan fingerprint density at radius 3 is 2.62 bits per heavy atom. The van der Waals surface area contributed by atoms with Crippen molar-refractivity contribution in [1.82, 2.24) is 9.36 Å². The fourth-order valence-corrected chi connectivity index (χ4v) is 1.68. The first-order valence-electron chi connectivity index (χ1n) is 5.19. The second kappa shape index (κ2) is 4.88. The molecular formula is C10H18N4OS. The molecule has 0 aliphatic rings. The normalized spacial score (nSPS) is 13.6. The zero-order valence-electron chi connectivity index (χ0n) is 10.1. The van der Waals surface area contributed by atoms with Crippen LogP contribution >= 0.6 is 11.5 Å². The molecule has 16 heavy (non-hydrogen) atoms. The van der Waals surface area contributed by atoms with Crippen LogP contribution in [-0.2, 0) is 10.2 Å². The lowest BCUT2D eigenvalue weighted by molar-refractivity contribution is -0.119. The second-order valence-corrected chi connectivity index (χ2v) is 5.55. The Balaban J connectivity index is 2.70. The molecule has 90 valence electrons. The summed E-state index contributed by atoms with van der Waals surface area (Å²) in [7, 11) is 0. The molecule has 0 saturated carbocycles. The molecule has 1 aromatic rings.